The summed E-state index contributed by atoms with van der Waals surface area (Å²) in [5.41, 5.74) is 9.66. The second-order valence-corrected chi connectivity index (χ2v) is 17.8. The quantitative estimate of drug-likeness (QED) is 0.173. The molecule has 14 rings (SSSR count). The lowest BCUT2D eigenvalue weighted by molar-refractivity contribution is 0.669. The minimum Gasteiger partial charge on any atom is -0.456 e. The van der Waals surface area contributed by atoms with Crippen LogP contribution in [0.25, 0.3) is 136 Å². The van der Waals surface area contributed by atoms with Crippen LogP contribution in [0.2, 0.25) is 0 Å². The minimum atomic E-state index is 0.555. The van der Waals surface area contributed by atoms with Crippen molar-refractivity contribution in [2.75, 3.05) is 0 Å². The van der Waals surface area contributed by atoms with E-state index in [0.29, 0.717) is 17.5 Å². The Morgan fingerprint density at radius 1 is 0.354 bits per heavy atom. The highest BCUT2D eigenvalue weighted by Gasteiger charge is 2.24. The van der Waals surface area contributed by atoms with Crippen LogP contribution in [0.5, 0.6) is 0 Å². The molecule has 65 heavy (non-hydrogen) atoms. The molecule has 0 aliphatic rings. The molecule has 0 atom stereocenters. The molecule has 0 radical (unpaired) electrons. The molecule has 0 amide bonds. The standard InChI is InChI=1S/C59H34N4OS/c1-2-13-35(14-3-1)37-18-12-19-40(29-37)57-60-58(41-26-27-45-44-22-9-11-24-54(44)65-55(45)32-41)62-59(61-57)49-34-53-48(43-21-8-10-23-52(43)64-53)33-51(49)63-50-31-39-17-5-4-16-38(39)30-47(50)46-28-25-36-15-6-7-20-42(36)56(46)63/h1-34H. The molecule has 302 valence electrons. The van der Waals surface area contributed by atoms with Gasteiger partial charge in [-0.25, -0.2) is 15.0 Å². The van der Waals surface area contributed by atoms with Crippen LogP contribution < -0.4 is 0 Å². The summed E-state index contributed by atoms with van der Waals surface area (Å²) < 4.78 is 11.6. The van der Waals surface area contributed by atoms with Crippen LogP contribution in [-0.2, 0) is 0 Å². The van der Waals surface area contributed by atoms with Crippen LogP contribution in [0, 0.1) is 0 Å². The summed E-state index contributed by atoms with van der Waals surface area (Å²) >= 11 is 1.79. The molecule has 0 aliphatic heterocycles. The number of rotatable bonds is 5. The van der Waals surface area contributed by atoms with E-state index < -0.39 is 0 Å². The predicted octanol–water partition coefficient (Wildman–Crippen LogP) is 16.2. The highest BCUT2D eigenvalue weighted by Crippen LogP contribution is 2.44. The number of benzene rings is 10. The fraction of sp³-hybridized carbons (Fsp3) is 0. The highest BCUT2D eigenvalue weighted by molar-refractivity contribution is 7.25. The number of nitrogens with zero attached hydrogens (tertiary/aromatic N) is 4. The molecule has 0 N–H and O–H groups in total. The lowest BCUT2D eigenvalue weighted by Crippen LogP contribution is -2.04. The summed E-state index contributed by atoms with van der Waals surface area (Å²) in [6, 6.07) is 73.4. The van der Waals surface area contributed by atoms with Gasteiger partial charge in [0.25, 0.3) is 0 Å². The average molecular weight is 847 g/mol. The van der Waals surface area contributed by atoms with Gasteiger partial charge in [0.2, 0.25) is 0 Å². The zero-order valence-corrected chi connectivity index (χ0v) is 35.6. The van der Waals surface area contributed by atoms with Gasteiger partial charge in [0.05, 0.1) is 16.7 Å². The van der Waals surface area contributed by atoms with Crippen molar-refractivity contribution < 1.29 is 4.42 Å². The fourth-order valence-corrected chi connectivity index (χ4v) is 11.1. The SMILES string of the molecule is c1ccc(-c2cccc(-c3nc(-c4ccc5c(c4)sc4ccccc45)nc(-c4cc5oc6ccccc6c5cc4-n4c5cc6ccccc6cc5c5ccc6ccccc6c54)n3)c2)cc1. The van der Waals surface area contributed by atoms with E-state index in [0.717, 1.165) is 66.5 Å². The Morgan fingerprint density at radius 2 is 1.00 bits per heavy atom. The zero-order valence-electron chi connectivity index (χ0n) is 34.7. The van der Waals surface area contributed by atoms with Crippen molar-refractivity contribution in [3.05, 3.63) is 206 Å². The molecule has 4 aromatic heterocycles. The van der Waals surface area contributed by atoms with E-state index in [1.54, 1.807) is 11.3 Å². The lowest BCUT2D eigenvalue weighted by atomic mass is 10.0. The molecule has 0 unspecified atom stereocenters. The number of thiophene rings is 1. The topological polar surface area (TPSA) is 56.7 Å². The Hall–Kier alpha value is -8.45. The van der Waals surface area contributed by atoms with E-state index >= 15 is 0 Å². The molecule has 4 heterocycles. The fourth-order valence-electron chi connectivity index (χ4n) is 9.93. The van der Waals surface area contributed by atoms with E-state index in [4.69, 9.17) is 19.4 Å². The van der Waals surface area contributed by atoms with Crippen LogP contribution in [0.3, 0.4) is 0 Å². The molecule has 0 saturated carbocycles. The maximum Gasteiger partial charge on any atom is 0.166 e. The van der Waals surface area contributed by atoms with Crippen LogP contribution in [0.15, 0.2) is 211 Å². The van der Waals surface area contributed by atoms with Gasteiger partial charge < -0.3 is 8.98 Å². The summed E-state index contributed by atoms with van der Waals surface area (Å²) in [5, 5.41) is 11.6. The smallest absolute Gasteiger partial charge is 0.166 e. The molecule has 0 saturated heterocycles. The van der Waals surface area contributed by atoms with E-state index in [1.165, 1.54) is 52.5 Å². The number of para-hydroxylation sites is 1. The lowest BCUT2D eigenvalue weighted by Gasteiger charge is -2.16. The first-order chi connectivity index (χ1) is 32.2. The van der Waals surface area contributed by atoms with Gasteiger partial charge in [0.1, 0.15) is 11.2 Å². The summed E-state index contributed by atoms with van der Waals surface area (Å²) in [7, 11) is 0. The molecule has 0 fully saturated rings. The van der Waals surface area contributed by atoms with Gasteiger partial charge in [-0.05, 0) is 75.8 Å². The van der Waals surface area contributed by atoms with Crippen molar-refractivity contribution in [2.45, 2.75) is 0 Å². The third-order valence-electron chi connectivity index (χ3n) is 13.0. The Bertz CT molecular complexity index is 4260. The van der Waals surface area contributed by atoms with Crippen molar-refractivity contribution in [2.24, 2.45) is 0 Å². The second kappa shape index (κ2) is 14.0. The summed E-state index contributed by atoms with van der Waals surface area (Å²) in [5.74, 6) is 1.75. The van der Waals surface area contributed by atoms with Gasteiger partial charge >= 0.3 is 0 Å². The van der Waals surface area contributed by atoms with E-state index in [2.05, 4.69) is 193 Å². The molecular formula is C59H34N4OS. The molecule has 0 bridgehead atoms. The first-order valence-corrected chi connectivity index (χ1v) is 22.6. The van der Waals surface area contributed by atoms with Gasteiger partial charge in [-0.1, -0.05) is 158 Å². The normalized spacial score (nSPS) is 12.0. The molecule has 10 aromatic carbocycles. The molecule has 6 heteroatoms. The van der Waals surface area contributed by atoms with Crippen LogP contribution in [0.1, 0.15) is 0 Å². The number of hydrogen-bond acceptors (Lipinski definition) is 5. The summed E-state index contributed by atoms with van der Waals surface area (Å²) in [6.07, 6.45) is 0. The molecule has 5 nitrogen and oxygen atoms in total. The molecular weight excluding hydrogens is 813 g/mol. The largest absolute Gasteiger partial charge is 0.456 e. The van der Waals surface area contributed by atoms with Crippen molar-refractivity contribution in [3.8, 4) is 51.0 Å². The second-order valence-electron chi connectivity index (χ2n) is 16.8. The van der Waals surface area contributed by atoms with E-state index in [-0.39, 0.29) is 0 Å². The zero-order chi connectivity index (χ0) is 42.6. The van der Waals surface area contributed by atoms with Crippen molar-refractivity contribution in [3.63, 3.8) is 0 Å². The maximum atomic E-state index is 6.68. The van der Waals surface area contributed by atoms with Crippen LogP contribution >= 0.6 is 11.3 Å². The van der Waals surface area contributed by atoms with Crippen molar-refractivity contribution >= 4 is 96.8 Å². The number of aromatic nitrogens is 4. The predicted molar refractivity (Wildman–Crippen MR) is 271 cm³/mol. The van der Waals surface area contributed by atoms with Gasteiger partial charge in [0, 0.05) is 63.8 Å². The average Bonchev–Trinajstić information content (AvgIpc) is 4.04. The van der Waals surface area contributed by atoms with E-state index in [1.807, 2.05) is 18.2 Å². The van der Waals surface area contributed by atoms with Crippen molar-refractivity contribution in [1.29, 1.82) is 0 Å². The van der Waals surface area contributed by atoms with Crippen molar-refractivity contribution in [1.82, 2.24) is 19.5 Å². The van der Waals surface area contributed by atoms with Crippen LogP contribution in [0.4, 0.5) is 0 Å². The summed E-state index contributed by atoms with van der Waals surface area (Å²) in [6.45, 7) is 0. The number of furan rings is 1. The monoisotopic (exact) mass is 846 g/mol. The third-order valence-corrected chi connectivity index (χ3v) is 14.1. The van der Waals surface area contributed by atoms with Gasteiger partial charge in [-0.3, -0.25) is 0 Å². The molecule has 0 spiro atoms. The highest BCUT2D eigenvalue weighted by atomic mass is 32.1. The molecule has 14 aromatic rings. The Kier molecular flexibility index (Phi) is 7.79. The first kappa shape index (κ1) is 36.1. The van der Waals surface area contributed by atoms with Crippen LogP contribution in [-0.4, -0.2) is 19.5 Å². The third kappa shape index (κ3) is 5.67. The Morgan fingerprint density at radius 3 is 1.86 bits per heavy atom. The van der Waals surface area contributed by atoms with E-state index in [9.17, 15) is 0 Å². The molecule has 0 aliphatic carbocycles. The van der Waals surface area contributed by atoms with Gasteiger partial charge in [-0.2, -0.15) is 0 Å². The number of hydrogen-bond donors (Lipinski definition) is 0. The van der Waals surface area contributed by atoms with Gasteiger partial charge in [-0.15, -0.1) is 11.3 Å². The Balaban J connectivity index is 1.10. The maximum absolute atomic E-state index is 6.68. The minimum absolute atomic E-state index is 0.555. The number of fused-ring (bicyclic) bond motifs is 12. The summed E-state index contributed by atoms with van der Waals surface area (Å²) in [4.78, 5) is 16.2. The Labute approximate surface area is 376 Å². The van der Waals surface area contributed by atoms with Gasteiger partial charge in [0.15, 0.2) is 17.5 Å². The first-order valence-electron chi connectivity index (χ1n) is 21.8.